The van der Waals surface area contributed by atoms with Gasteiger partial charge in [-0.05, 0) is 0 Å². The van der Waals surface area contributed by atoms with Crippen molar-refractivity contribution >= 4 is 34.7 Å². The van der Waals surface area contributed by atoms with Gasteiger partial charge in [0.15, 0.2) is 0 Å². The molecule has 0 aliphatic rings. The molecule has 0 fully saturated rings. The molecule has 0 unspecified atom stereocenters. The molecular formula is O8P4Re. The molecule has 0 rings (SSSR count). The Balaban J connectivity index is -0.0000000213. The number of hydrogen-bond acceptors (Lipinski definition) is 8. The molecule has 0 N–H and O–H groups in total. The van der Waals surface area contributed by atoms with Gasteiger partial charge >= 0.3 is 20.4 Å². The van der Waals surface area contributed by atoms with E-state index in [-0.39, 0.29) is 20.4 Å². The van der Waals surface area contributed by atoms with E-state index in [4.69, 9.17) is 37.8 Å². The fraction of sp³-hybridized carbons (Fsp3) is 0. The van der Waals surface area contributed by atoms with E-state index >= 15 is 0 Å². The smallest absolute Gasteiger partial charge is 0.772 e. The van der Waals surface area contributed by atoms with Crippen LogP contribution in [0.1, 0.15) is 0 Å². The molecule has 0 heterocycles. The molecule has 0 aromatic carbocycles. The summed E-state index contributed by atoms with van der Waals surface area (Å²) in [5.74, 6) is 0. The second-order valence-corrected chi connectivity index (χ2v) is 0.894. The first-order valence-corrected chi connectivity index (χ1v) is 4.38. The summed E-state index contributed by atoms with van der Waals surface area (Å²) in [7, 11) is -4.33. The quantitative estimate of drug-likeness (QED) is 0.401. The van der Waals surface area contributed by atoms with Gasteiger partial charge in [0, 0.05) is 0 Å². The third-order valence-corrected chi connectivity index (χ3v) is 0. The predicted molar refractivity (Wildman–Crippen MR) is 30.4 cm³/mol. The van der Waals surface area contributed by atoms with E-state index in [1.165, 1.54) is 0 Å². The van der Waals surface area contributed by atoms with Gasteiger partial charge in [-0.1, -0.05) is 0 Å². The van der Waals surface area contributed by atoms with E-state index in [1.54, 1.807) is 0 Å². The SMILES string of the molecule is O=P[O-].O=P[O-].O=P[O-].O=P[O-].[Re+4]. The molecule has 0 aromatic rings. The Morgan fingerprint density at radius 2 is 0.538 bits per heavy atom. The minimum absolute atomic E-state index is 0. The zero-order valence-electron chi connectivity index (χ0n) is 5.43. The molecule has 0 aliphatic heterocycles. The maximum absolute atomic E-state index is 8.35. The standard InChI is InChI=1S/4HO2P.Re/c4*1-3-2;/h4*(H,1,2);/q;;;;+4/p-4. The van der Waals surface area contributed by atoms with Gasteiger partial charge in [-0.15, -0.1) is 0 Å². The fourth-order valence-electron chi connectivity index (χ4n) is 0. The van der Waals surface area contributed by atoms with E-state index in [0.717, 1.165) is 0 Å². The topological polar surface area (TPSA) is 161 Å². The molecule has 0 spiro atoms. The maximum atomic E-state index is 8.35. The molecule has 0 aromatic heterocycles. The molecule has 0 aliphatic carbocycles. The normalized spacial score (nSPS) is 6.46. The van der Waals surface area contributed by atoms with Crippen LogP contribution >= 0.6 is 34.7 Å². The summed E-state index contributed by atoms with van der Waals surface area (Å²) >= 11 is 0. The molecule has 0 saturated carbocycles. The monoisotopic (exact) mass is 439 g/mol. The van der Waals surface area contributed by atoms with Crippen molar-refractivity contribution in [2.75, 3.05) is 0 Å². The van der Waals surface area contributed by atoms with Crippen molar-refractivity contribution in [2.45, 2.75) is 0 Å². The van der Waals surface area contributed by atoms with Crippen LogP contribution in [0, 0.1) is 0 Å². The first-order chi connectivity index (χ1) is 5.66. The van der Waals surface area contributed by atoms with E-state index < -0.39 is 34.7 Å². The summed E-state index contributed by atoms with van der Waals surface area (Å²) in [6.07, 6.45) is 0. The van der Waals surface area contributed by atoms with Gasteiger partial charge in [0.1, 0.15) is 0 Å². The van der Waals surface area contributed by atoms with Crippen molar-refractivity contribution in [1.82, 2.24) is 0 Å². The second-order valence-electron chi connectivity index (χ2n) is 0.298. The molecule has 13 heavy (non-hydrogen) atoms. The van der Waals surface area contributed by atoms with Gasteiger partial charge < -0.3 is 19.6 Å². The summed E-state index contributed by atoms with van der Waals surface area (Å²) in [6.45, 7) is 0. The average molecular weight is 438 g/mol. The van der Waals surface area contributed by atoms with E-state index in [0.29, 0.717) is 0 Å². The summed E-state index contributed by atoms with van der Waals surface area (Å²) in [5, 5.41) is 0. The number of rotatable bonds is 0. The summed E-state index contributed by atoms with van der Waals surface area (Å²) in [4.78, 5) is 33.4. The number of hydrogen-bond donors (Lipinski definition) is 0. The van der Waals surface area contributed by atoms with E-state index in [2.05, 4.69) is 0 Å². The maximum Gasteiger partial charge on any atom is 4.00 e. The van der Waals surface area contributed by atoms with Crippen LogP contribution in [0.5, 0.6) is 0 Å². The predicted octanol–water partition coefficient (Wildman–Crippen LogP) is -1.79. The molecule has 0 saturated heterocycles. The van der Waals surface area contributed by atoms with Crippen molar-refractivity contribution < 1.29 is 58.3 Å². The third-order valence-electron chi connectivity index (χ3n) is 0. The van der Waals surface area contributed by atoms with Gasteiger partial charge in [0.2, 0.25) is 0 Å². The van der Waals surface area contributed by atoms with Crippen molar-refractivity contribution in [3.8, 4) is 0 Å². The van der Waals surface area contributed by atoms with Crippen LogP contribution in [0.2, 0.25) is 0 Å². The molecule has 0 bridgehead atoms. The van der Waals surface area contributed by atoms with Crippen LogP contribution in [0.4, 0.5) is 0 Å². The van der Waals surface area contributed by atoms with Crippen molar-refractivity contribution in [2.24, 2.45) is 0 Å². The van der Waals surface area contributed by atoms with Crippen molar-refractivity contribution in [3.05, 3.63) is 0 Å². The van der Waals surface area contributed by atoms with Crippen LogP contribution in [0.15, 0.2) is 0 Å². The Kier molecular flexibility index (Phi) is 171. The molecule has 13 heteroatoms. The fourth-order valence-corrected chi connectivity index (χ4v) is 0. The Bertz CT molecular complexity index is 70.1. The van der Waals surface area contributed by atoms with Crippen molar-refractivity contribution in [1.29, 1.82) is 0 Å². The summed E-state index contributed by atoms with van der Waals surface area (Å²) < 4.78 is 33.4. The van der Waals surface area contributed by atoms with Crippen LogP contribution in [0.25, 0.3) is 0 Å². The van der Waals surface area contributed by atoms with Gasteiger partial charge in [-0.25, -0.2) is 0 Å². The molecule has 0 atom stereocenters. The van der Waals surface area contributed by atoms with E-state index in [1.807, 2.05) is 0 Å². The largest absolute Gasteiger partial charge is 4.00 e. The first-order valence-electron chi connectivity index (χ1n) is 1.46. The minimum Gasteiger partial charge on any atom is -0.772 e. The van der Waals surface area contributed by atoms with Crippen LogP contribution < -0.4 is 19.6 Å². The Labute approximate surface area is 93.2 Å². The van der Waals surface area contributed by atoms with Crippen LogP contribution in [0.3, 0.4) is 0 Å². The van der Waals surface area contributed by atoms with Gasteiger partial charge in [0.05, 0.1) is 34.7 Å². The van der Waals surface area contributed by atoms with Crippen LogP contribution in [-0.4, -0.2) is 0 Å². The molecule has 0 amide bonds. The van der Waals surface area contributed by atoms with Crippen LogP contribution in [-0.2, 0) is 38.7 Å². The van der Waals surface area contributed by atoms with Gasteiger partial charge in [-0.3, -0.25) is 18.3 Å². The second kappa shape index (κ2) is 76.1. The third kappa shape index (κ3) is 1880. The Morgan fingerprint density at radius 3 is 0.538 bits per heavy atom. The minimum atomic E-state index is -1.08. The Hall–Kier alpha value is 0.902. The average Bonchev–Trinajstić information content (AvgIpc) is 1.92. The van der Waals surface area contributed by atoms with Crippen molar-refractivity contribution in [3.63, 3.8) is 0 Å². The molecular weight excluding hydrogens is 438 g/mol. The first kappa shape index (κ1) is 29.2. The zero-order chi connectivity index (χ0) is 10.8. The Morgan fingerprint density at radius 1 is 0.538 bits per heavy atom. The summed E-state index contributed by atoms with van der Waals surface area (Å²) in [5.41, 5.74) is 0. The molecule has 8 nitrogen and oxygen atoms in total. The van der Waals surface area contributed by atoms with Gasteiger partial charge in [-0.2, -0.15) is 0 Å². The van der Waals surface area contributed by atoms with E-state index in [9.17, 15) is 0 Å². The molecule has 75 valence electrons. The zero-order valence-corrected chi connectivity index (χ0v) is 11.7. The molecule has 1 radical (unpaired) electrons. The summed E-state index contributed by atoms with van der Waals surface area (Å²) in [6, 6.07) is 0. The van der Waals surface area contributed by atoms with Gasteiger partial charge in [0.25, 0.3) is 0 Å².